The number of hydrogen-bond acceptors (Lipinski definition) is 7. The number of nitrogens with zero attached hydrogens (tertiary/aromatic N) is 3. The fourth-order valence-corrected chi connectivity index (χ4v) is 4.44. The van der Waals surface area contributed by atoms with Crippen LogP contribution in [0.25, 0.3) is 11.6 Å². The Kier molecular flexibility index (Phi) is 6.24. The minimum absolute atomic E-state index is 0.0201. The van der Waals surface area contributed by atoms with E-state index in [-0.39, 0.29) is 12.3 Å². The van der Waals surface area contributed by atoms with E-state index in [4.69, 9.17) is 22.1 Å². The molecule has 2 N–H and O–H groups in total. The van der Waals surface area contributed by atoms with Gasteiger partial charge in [-0.05, 0) is 30.3 Å². The Bertz CT molecular complexity index is 1230. The number of aliphatic imine (C=N–C) groups is 1. The van der Waals surface area contributed by atoms with Gasteiger partial charge < -0.3 is 14.9 Å². The maximum atomic E-state index is 10.7. The molecule has 1 aliphatic rings. The van der Waals surface area contributed by atoms with Crippen molar-refractivity contribution in [2.45, 2.75) is 26.0 Å². The number of hydrogen-bond donors (Lipinski definition) is 2. The summed E-state index contributed by atoms with van der Waals surface area (Å²) in [5.74, 6) is -0.354. The SMILES string of the molecule is O=C(O)CCCn1c(O)c(C=C2C=Nc3cnc(OCc4ccccc4)cc32)sc1=S. The molecule has 0 unspecified atom stereocenters. The molecule has 3 aromatic rings. The van der Waals surface area contributed by atoms with E-state index in [1.807, 2.05) is 42.5 Å². The Morgan fingerprint density at radius 2 is 2.10 bits per heavy atom. The van der Waals surface area contributed by atoms with E-state index in [1.165, 1.54) is 11.3 Å². The Labute approximate surface area is 187 Å². The summed E-state index contributed by atoms with van der Waals surface area (Å²) in [6.45, 7) is 0.761. The Morgan fingerprint density at radius 1 is 1.29 bits per heavy atom. The summed E-state index contributed by atoms with van der Waals surface area (Å²) in [7, 11) is 0. The molecule has 0 aliphatic carbocycles. The molecule has 0 fully saturated rings. The standard InChI is InChI=1S/C22H19N3O4S2/c26-20(27)7-4-8-25-21(28)18(31-22(25)30)9-15-11-23-17-12-24-19(10-16(15)17)29-13-14-5-2-1-3-6-14/h1-3,5-6,9-12,28H,4,7-8,13H2,(H,26,27). The van der Waals surface area contributed by atoms with E-state index < -0.39 is 5.97 Å². The van der Waals surface area contributed by atoms with Crippen molar-refractivity contribution in [2.24, 2.45) is 4.99 Å². The number of aromatic hydroxyl groups is 1. The Morgan fingerprint density at radius 3 is 2.87 bits per heavy atom. The third-order valence-corrected chi connectivity index (χ3v) is 6.08. The van der Waals surface area contributed by atoms with Gasteiger partial charge in [-0.1, -0.05) is 30.3 Å². The summed E-state index contributed by atoms with van der Waals surface area (Å²) in [6, 6.07) is 11.7. The normalized spacial score (nSPS) is 13.5. The summed E-state index contributed by atoms with van der Waals surface area (Å²) in [4.78, 5) is 20.0. The number of fused-ring (bicyclic) bond motifs is 1. The van der Waals surface area contributed by atoms with Crippen LogP contribution in [-0.4, -0.2) is 31.9 Å². The van der Waals surface area contributed by atoms with Crippen LogP contribution in [0.2, 0.25) is 0 Å². The molecule has 9 heteroatoms. The monoisotopic (exact) mass is 453 g/mol. The zero-order chi connectivity index (χ0) is 21.8. The van der Waals surface area contributed by atoms with E-state index in [2.05, 4.69) is 9.98 Å². The number of benzene rings is 1. The highest BCUT2D eigenvalue weighted by molar-refractivity contribution is 7.73. The first-order valence-electron chi connectivity index (χ1n) is 9.58. The minimum Gasteiger partial charge on any atom is -0.493 e. The summed E-state index contributed by atoms with van der Waals surface area (Å²) in [5.41, 5.74) is 3.44. The van der Waals surface area contributed by atoms with Crippen LogP contribution in [0.3, 0.4) is 0 Å². The second-order valence-corrected chi connectivity index (χ2v) is 8.55. The predicted octanol–water partition coefficient (Wildman–Crippen LogP) is 5.08. The predicted molar refractivity (Wildman–Crippen MR) is 123 cm³/mol. The number of allylic oxidation sites excluding steroid dienone is 1. The van der Waals surface area contributed by atoms with Crippen molar-refractivity contribution in [2.75, 3.05) is 0 Å². The van der Waals surface area contributed by atoms with Crippen molar-refractivity contribution >= 4 is 53.1 Å². The summed E-state index contributed by atoms with van der Waals surface area (Å²) >= 11 is 6.61. The van der Waals surface area contributed by atoms with Gasteiger partial charge in [0.15, 0.2) is 3.95 Å². The van der Waals surface area contributed by atoms with Gasteiger partial charge in [0.25, 0.3) is 0 Å². The zero-order valence-electron chi connectivity index (χ0n) is 16.4. The molecule has 0 atom stereocenters. The van der Waals surface area contributed by atoms with Gasteiger partial charge >= 0.3 is 5.97 Å². The number of carboxylic acid groups (broad SMARTS) is 1. The van der Waals surface area contributed by atoms with Gasteiger partial charge in [0.2, 0.25) is 11.8 Å². The molecule has 0 saturated heterocycles. The topological polar surface area (TPSA) is 96.9 Å². The maximum Gasteiger partial charge on any atom is 0.303 e. The molecule has 0 amide bonds. The lowest BCUT2D eigenvalue weighted by Crippen LogP contribution is -2.01. The van der Waals surface area contributed by atoms with E-state index >= 15 is 0 Å². The number of ether oxygens (including phenoxy) is 1. The first-order chi connectivity index (χ1) is 15.0. The molecule has 0 saturated carbocycles. The minimum atomic E-state index is -0.874. The van der Waals surface area contributed by atoms with Crippen molar-refractivity contribution in [3.63, 3.8) is 0 Å². The smallest absolute Gasteiger partial charge is 0.303 e. The highest BCUT2D eigenvalue weighted by Crippen LogP contribution is 2.37. The zero-order valence-corrected chi connectivity index (χ0v) is 18.0. The molecule has 7 nitrogen and oxygen atoms in total. The van der Waals surface area contributed by atoms with E-state index in [9.17, 15) is 9.90 Å². The first kappa shape index (κ1) is 21.0. The van der Waals surface area contributed by atoms with Crippen molar-refractivity contribution in [3.8, 4) is 11.8 Å². The molecule has 4 rings (SSSR count). The number of carboxylic acids is 1. The van der Waals surface area contributed by atoms with Gasteiger partial charge in [-0.2, -0.15) is 0 Å². The van der Waals surface area contributed by atoms with Gasteiger partial charge in [0.05, 0.1) is 16.8 Å². The fraction of sp³-hybridized carbons (Fsp3) is 0.182. The fourth-order valence-electron chi connectivity index (χ4n) is 3.13. The van der Waals surface area contributed by atoms with Gasteiger partial charge in [0.1, 0.15) is 6.61 Å². The van der Waals surface area contributed by atoms with Crippen LogP contribution in [0.4, 0.5) is 5.69 Å². The van der Waals surface area contributed by atoms with E-state index in [1.54, 1.807) is 17.0 Å². The first-order valence-corrected chi connectivity index (χ1v) is 10.8. The van der Waals surface area contributed by atoms with Crippen LogP contribution >= 0.6 is 23.6 Å². The number of carbonyl (C=O) groups is 1. The van der Waals surface area contributed by atoms with Crippen LogP contribution in [0.1, 0.15) is 28.8 Å². The van der Waals surface area contributed by atoms with Crippen molar-refractivity contribution in [1.82, 2.24) is 9.55 Å². The largest absolute Gasteiger partial charge is 0.493 e. The number of thiazole rings is 1. The maximum absolute atomic E-state index is 10.7. The van der Waals surface area contributed by atoms with Crippen LogP contribution in [0.5, 0.6) is 11.8 Å². The highest BCUT2D eigenvalue weighted by atomic mass is 32.1. The lowest BCUT2D eigenvalue weighted by atomic mass is 10.1. The number of aromatic nitrogens is 2. The molecule has 1 aliphatic heterocycles. The molecule has 0 bridgehead atoms. The van der Waals surface area contributed by atoms with Crippen LogP contribution in [0.15, 0.2) is 47.6 Å². The number of aliphatic carboxylic acids is 1. The second kappa shape index (κ2) is 9.23. The van der Waals surface area contributed by atoms with Gasteiger partial charge in [-0.3, -0.25) is 14.4 Å². The lowest BCUT2D eigenvalue weighted by Gasteiger charge is -2.07. The summed E-state index contributed by atoms with van der Waals surface area (Å²) in [5, 5.41) is 19.4. The van der Waals surface area contributed by atoms with Gasteiger partial charge in [-0.15, -0.1) is 11.3 Å². The van der Waals surface area contributed by atoms with Crippen LogP contribution in [0, 0.1) is 3.95 Å². The molecular formula is C22H19N3O4S2. The van der Waals surface area contributed by atoms with E-state index in [0.717, 1.165) is 22.4 Å². The quantitative estimate of drug-likeness (QED) is 0.462. The molecule has 0 spiro atoms. The number of pyridine rings is 1. The Hall–Kier alpha value is -3.30. The lowest BCUT2D eigenvalue weighted by molar-refractivity contribution is -0.137. The molecule has 0 radical (unpaired) electrons. The van der Waals surface area contributed by atoms with Crippen molar-refractivity contribution < 1.29 is 19.7 Å². The van der Waals surface area contributed by atoms with E-state index in [0.29, 0.717) is 34.3 Å². The molecular weight excluding hydrogens is 434 g/mol. The summed E-state index contributed by atoms with van der Waals surface area (Å²) in [6.07, 6.45) is 5.60. The average Bonchev–Trinajstić information content (AvgIpc) is 3.28. The molecule has 31 heavy (non-hydrogen) atoms. The Balaban J connectivity index is 1.54. The molecule has 1 aromatic carbocycles. The highest BCUT2D eigenvalue weighted by Gasteiger charge is 2.17. The van der Waals surface area contributed by atoms with Crippen molar-refractivity contribution in [3.05, 3.63) is 62.6 Å². The third-order valence-electron chi connectivity index (χ3n) is 4.69. The van der Waals surface area contributed by atoms with Crippen LogP contribution in [-0.2, 0) is 17.9 Å². The average molecular weight is 454 g/mol. The third kappa shape index (κ3) is 4.89. The molecule has 3 heterocycles. The van der Waals surface area contributed by atoms with Gasteiger partial charge in [-0.25, -0.2) is 4.98 Å². The van der Waals surface area contributed by atoms with Crippen LogP contribution < -0.4 is 4.74 Å². The molecule has 2 aromatic heterocycles. The molecule has 158 valence electrons. The van der Waals surface area contributed by atoms with Gasteiger partial charge in [0, 0.05) is 36.4 Å². The second-order valence-electron chi connectivity index (χ2n) is 6.88. The number of rotatable bonds is 8. The summed E-state index contributed by atoms with van der Waals surface area (Å²) < 4.78 is 7.87. The van der Waals surface area contributed by atoms with Crippen molar-refractivity contribution in [1.29, 1.82) is 0 Å².